The highest BCUT2D eigenvalue weighted by Gasteiger charge is 2.43. The molecular weight excluding hydrogens is 350 g/mol. The number of aromatic nitrogens is 2. The van der Waals surface area contributed by atoms with Gasteiger partial charge in [-0.25, -0.2) is 4.68 Å². The van der Waals surface area contributed by atoms with Crippen LogP contribution in [0.5, 0.6) is 0 Å². The smallest absolute Gasteiger partial charge is 0.267 e. The van der Waals surface area contributed by atoms with E-state index in [0.29, 0.717) is 25.2 Å². The molecule has 2 aliphatic rings. The van der Waals surface area contributed by atoms with Gasteiger partial charge in [0.15, 0.2) is 0 Å². The molecule has 3 heterocycles. The van der Waals surface area contributed by atoms with Crippen LogP contribution in [0.25, 0.3) is 10.6 Å². The maximum Gasteiger partial charge on any atom is 0.267 e. The van der Waals surface area contributed by atoms with Crippen molar-refractivity contribution in [1.29, 1.82) is 0 Å². The highest BCUT2D eigenvalue weighted by Crippen LogP contribution is 2.39. The first-order chi connectivity index (χ1) is 12.5. The number of nitrogens with zero attached hydrogens (tertiary/aromatic N) is 3. The molecule has 7 heteroatoms. The summed E-state index contributed by atoms with van der Waals surface area (Å²) >= 11 is 1.55. The number of amides is 1. The molecule has 1 amide bonds. The molecule has 1 aliphatic carbocycles. The molecule has 2 aromatic heterocycles. The number of aliphatic hydroxyl groups is 1. The number of thiophene rings is 1. The Labute approximate surface area is 156 Å². The summed E-state index contributed by atoms with van der Waals surface area (Å²) in [5, 5.41) is 17.1. The van der Waals surface area contributed by atoms with E-state index in [2.05, 4.69) is 5.10 Å². The molecule has 0 bridgehead atoms. The predicted molar refractivity (Wildman–Crippen MR) is 99.9 cm³/mol. The molecule has 1 saturated carbocycles. The van der Waals surface area contributed by atoms with Crippen molar-refractivity contribution in [3.8, 4) is 10.6 Å². The van der Waals surface area contributed by atoms with Gasteiger partial charge in [0, 0.05) is 25.1 Å². The summed E-state index contributed by atoms with van der Waals surface area (Å²) in [6.07, 6.45) is 4.60. The van der Waals surface area contributed by atoms with E-state index in [0.717, 1.165) is 30.6 Å². The Bertz CT molecular complexity index is 848. The number of fused-ring (bicyclic) bond motifs is 1. The van der Waals surface area contributed by atoms with E-state index in [1.54, 1.807) is 22.3 Å². The van der Waals surface area contributed by atoms with Crippen LogP contribution in [0.2, 0.25) is 0 Å². The molecule has 2 fully saturated rings. The third-order valence-corrected chi connectivity index (χ3v) is 6.60. The van der Waals surface area contributed by atoms with E-state index in [1.165, 1.54) is 10.7 Å². The second-order valence-electron chi connectivity index (χ2n) is 7.33. The Morgan fingerprint density at radius 2 is 2.19 bits per heavy atom. The molecule has 6 nitrogen and oxygen atoms in total. The topological polar surface area (TPSA) is 75.4 Å². The van der Waals surface area contributed by atoms with Gasteiger partial charge < -0.3 is 10.0 Å². The summed E-state index contributed by atoms with van der Waals surface area (Å²) in [6, 6.07) is 7.03. The highest BCUT2D eigenvalue weighted by atomic mass is 32.1. The summed E-state index contributed by atoms with van der Waals surface area (Å²) in [5.74, 6) is 0.0478. The van der Waals surface area contributed by atoms with Gasteiger partial charge in [-0.1, -0.05) is 18.9 Å². The van der Waals surface area contributed by atoms with Crippen molar-refractivity contribution in [1.82, 2.24) is 14.7 Å². The second-order valence-corrected chi connectivity index (χ2v) is 8.28. The number of carbonyl (C=O) groups excluding carboxylic acids is 1. The molecule has 1 N–H and O–H groups in total. The van der Waals surface area contributed by atoms with E-state index in [4.69, 9.17) is 0 Å². The van der Waals surface area contributed by atoms with Crippen molar-refractivity contribution in [2.75, 3.05) is 13.1 Å². The zero-order chi connectivity index (χ0) is 18.1. The van der Waals surface area contributed by atoms with Gasteiger partial charge in [0.25, 0.3) is 5.56 Å². The molecule has 2 atom stereocenters. The Balaban J connectivity index is 1.48. The average Bonchev–Trinajstić information content (AvgIpc) is 3.17. The quantitative estimate of drug-likeness (QED) is 0.894. The van der Waals surface area contributed by atoms with Crippen molar-refractivity contribution in [2.45, 2.75) is 44.2 Å². The molecule has 0 spiro atoms. The Morgan fingerprint density at radius 1 is 1.31 bits per heavy atom. The van der Waals surface area contributed by atoms with Gasteiger partial charge in [-0.2, -0.15) is 5.10 Å². The van der Waals surface area contributed by atoms with Gasteiger partial charge in [-0.3, -0.25) is 9.59 Å². The summed E-state index contributed by atoms with van der Waals surface area (Å²) in [6.45, 7) is 1.07. The van der Waals surface area contributed by atoms with E-state index in [9.17, 15) is 14.7 Å². The predicted octanol–water partition coefficient (Wildman–Crippen LogP) is 2.13. The summed E-state index contributed by atoms with van der Waals surface area (Å²) < 4.78 is 1.25. The monoisotopic (exact) mass is 373 g/mol. The minimum absolute atomic E-state index is 0.0524. The van der Waals surface area contributed by atoms with Gasteiger partial charge in [-0.15, -0.1) is 11.3 Å². The van der Waals surface area contributed by atoms with E-state index < -0.39 is 5.60 Å². The van der Waals surface area contributed by atoms with Crippen LogP contribution in [0.15, 0.2) is 34.4 Å². The third-order valence-electron chi connectivity index (χ3n) is 5.71. The Hall–Kier alpha value is -1.99. The lowest BCUT2D eigenvalue weighted by atomic mass is 9.71. The number of hydrogen-bond acceptors (Lipinski definition) is 5. The molecule has 1 saturated heterocycles. The molecule has 0 aromatic carbocycles. The normalized spacial score (nSPS) is 25.7. The van der Waals surface area contributed by atoms with Crippen LogP contribution in [-0.2, 0) is 11.3 Å². The van der Waals surface area contributed by atoms with Crippen LogP contribution >= 0.6 is 11.3 Å². The maximum atomic E-state index is 12.7. The molecule has 0 unspecified atom stereocenters. The molecule has 1 aliphatic heterocycles. The van der Waals surface area contributed by atoms with Crippen LogP contribution in [0.4, 0.5) is 0 Å². The van der Waals surface area contributed by atoms with Crippen LogP contribution in [0.1, 0.15) is 32.1 Å². The van der Waals surface area contributed by atoms with Crippen LogP contribution in [0, 0.1) is 5.92 Å². The minimum Gasteiger partial charge on any atom is -0.389 e. The first-order valence-corrected chi connectivity index (χ1v) is 10.1. The number of hydrogen-bond donors (Lipinski definition) is 1. The number of carbonyl (C=O) groups is 1. The van der Waals surface area contributed by atoms with Crippen molar-refractivity contribution in [2.24, 2.45) is 5.92 Å². The zero-order valence-corrected chi connectivity index (χ0v) is 15.5. The number of likely N-dealkylation sites (tertiary alicyclic amines) is 1. The summed E-state index contributed by atoms with van der Waals surface area (Å²) in [5.41, 5.74) is -0.180. The van der Waals surface area contributed by atoms with Gasteiger partial charge in [0.1, 0.15) is 12.2 Å². The lowest BCUT2D eigenvalue weighted by Crippen LogP contribution is -2.55. The lowest BCUT2D eigenvalue weighted by molar-refractivity contribution is -0.144. The SMILES string of the molecule is O=C(Cn1nc(-c2cccs2)ccc1=O)N1CC[C@]2(O)CCCC[C@@H]2C1. The minimum atomic E-state index is -0.608. The van der Waals surface area contributed by atoms with E-state index >= 15 is 0 Å². The maximum absolute atomic E-state index is 12.7. The van der Waals surface area contributed by atoms with Gasteiger partial charge in [-0.05, 0) is 36.8 Å². The third kappa shape index (κ3) is 3.33. The van der Waals surface area contributed by atoms with Gasteiger partial charge in [0.2, 0.25) is 5.91 Å². The van der Waals surface area contributed by atoms with Crippen molar-refractivity contribution in [3.63, 3.8) is 0 Å². The Kier molecular flexibility index (Phi) is 4.67. The standard InChI is InChI=1S/C19H23N3O3S/c23-17-7-6-15(16-5-3-11-26-16)20-22(17)13-18(24)21-10-9-19(25)8-2-1-4-14(19)12-21/h3,5-7,11,14,25H,1-2,4,8-10,12-13H2/t14-,19-/m1/s1. The van der Waals surface area contributed by atoms with Crippen LogP contribution in [0.3, 0.4) is 0 Å². The number of piperidine rings is 1. The molecular formula is C19H23N3O3S. The zero-order valence-electron chi connectivity index (χ0n) is 14.6. The Morgan fingerprint density at radius 3 is 3.00 bits per heavy atom. The largest absolute Gasteiger partial charge is 0.389 e. The lowest BCUT2D eigenvalue weighted by Gasteiger charge is -2.47. The highest BCUT2D eigenvalue weighted by molar-refractivity contribution is 7.13. The van der Waals surface area contributed by atoms with Crippen LogP contribution < -0.4 is 5.56 Å². The molecule has 0 radical (unpaired) electrons. The number of rotatable bonds is 3. The fourth-order valence-corrected chi connectivity index (χ4v) is 4.83. The first kappa shape index (κ1) is 17.4. The van der Waals surface area contributed by atoms with E-state index in [1.807, 2.05) is 17.5 Å². The fourth-order valence-electron chi connectivity index (χ4n) is 4.14. The van der Waals surface area contributed by atoms with Crippen molar-refractivity contribution in [3.05, 3.63) is 40.0 Å². The van der Waals surface area contributed by atoms with Crippen LogP contribution in [-0.4, -0.2) is 44.4 Å². The van der Waals surface area contributed by atoms with Crippen molar-refractivity contribution >= 4 is 17.2 Å². The summed E-state index contributed by atoms with van der Waals surface area (Å²) in [4.78, 5) is 27.6. The fraction of sp³-hybridized carbons (Fsp3) is 0.526. The van der Waals surface area contributed by atoms with Gasteiger partial charge >= 0.3 is 0 Å². The molecule has 138 valence electrons. The van der Waals surface area contributed by atoms with E-state index in [-0.39, 0.29) is 23.9 Å². The average molecular weight is 373 g/mol. The van der Waals surface area contributed by atoms with Gasteiger partial charge in [0.05, 0.1) is 10.5 Å². The second kappa shape index (κ2) is 6.96. The summed E-state index contributed by atoms with van der Waals surface area (Å²) in [7, 11) is 0. The first-order valence-electron chi connectivity index (χ1n) is 9.17. The molecule has 26 heavy (non-hydrogen) atoms. The van der Waals surface area contributed by atoms with Crippen molar-refractivity contribution < 1.29 is 9.90 Å². The molecule has 2 aromatic rings. The molecule has 4 rings (SSSR count).